The lowest BCUT2D eigenvalue weighted by atomic mass is 10.1. The topological polar surface area (TPSA) is 57.5 Å². The second kappa shape index (κ2) is 7.61. The summed E-state index contributed by atoms with van der Waals surface area (Å²) in [6.07, 6.45) is 3.79. The van der Waals surface area contributed by atoms with E-state index >= 15 is 0 Å². The number of ether oxygens (including phenoxy) is 2. The third-order valence-corrected chi connectivity index (χ3v) is 5.31. The van der Waals surface area contributed by atoms with Gasteiger partial charge in [-0.15, -0.1) is 0 Å². The van der Waals surface area contributed by atoms with Crippen molar-refractivity contribution in [3.05, 3.63) is 101 Å². The lowest BCUT2D eigenvalue weighted by Crippen LogP contribution is -2.08. The maximum atomic E-state index is 12.9. The van der Waals surface area contributed by atoms with Crippen LogP contribution in [0.2, 0.25) is 0 Å². The minimum Gasteiger partial charge on any atom is -0.452 e. The quantitative estimate of drug-likeness (QED) is 0.254. The van der Waals surface area contributed by atoms with Gasteiger partial charge >= 0.3 is 5.97 Å². The minimum atomic E-state index is -0.465. The van der Waals surface area contributed by atoms with Gasteiger partial charge in [0.15, 0.2) is 5.76 Å². The van der Waals surface area contributed by atoms with Gasteiger partial charge in [-0.1, -0.05) is 36.4 Å². The van der Waals surface area contributed by atoms with Gasteiger partial charge < -0.3 is 14.0 Å². The van der Waals surface area contributed by atoms with E-state index < -0.39 is 5.97 Å². The number of rotatable bonds is 4. The molecule has 0 fully saturated rings. The summed E-state index contributed by atoms with van der Waals surface area (Å²) in [6.45, 7) is 2.91. The van der Waals surface area contributed by atoms with Crippen molar-refractivity contribution in [2.75, 3.05) is 0 Å². The Kier molecular flexibility index (Phi) is 4.64. The maximum Gasteiger partial charge on any atom is 0.343 e. The fourth-order valence-electron chi connectivity index (χ4n) is 3.76. The predicted molar refractivity (Wildman–Crippen MR) is 118 cm³/mol. The molecule has 1 aromatic heterocycles. The lowest BCUT2D eigenvalue weighted by molar-refractivity contribution is 0.0734. The molecule has 0 radical (unpaired) electrons. The summed E-state index contributed by atoms with van der Waals surface area (Å²) in [6, 6.07) is 21.6. The highest BCUT2D eigenvalue weighted by molar-refractivity contribution is 6.15. The summed E-state index contributed by atoms with van der Waals surface area (Å²) in [5.41, 5.74) is 2.93. The van der Waals surface area contributed by atoms with Crippen LogP contribution in [0.1, 0.15) is 33.2 Å². The zero-order valence-electron chi connectivity index (χ0n) is 16.9. The number of Topliss-reactive ketones (excluding diaryl/α,β-unsaturated/α-hetero) is 1. The van der Waals surface area contributed by atoms with Crippen LogP contribution in [0.25, 0.3) is 17.0 Å². The van der Waals surface area contributed by atoms with Gasteiger partial charge in [0.2, 0.25) is 5.78 Å². The van der Waals surface area contributed by atoms with E-state index in [0.717, 1.165) is 23.0 Å². The number of carbonyl (C=O) groups excluding carboxylic acids is 2. The molecule has 5 rings (SSSR count). The van der Waals surface area contributed by atoms with Gasteiger partial charge in [0.1, 0.15) is 11.5 Å². The fraction of sp³-hybridized carbons (Fsp3) is 0.0769. The summed E-state index contributed by atoms with van der Waals surface area (Å²) in [5.74, 6) is 0.302. The summed E-state index contributed by atoms with van der Waals surface area (Å²) >= 11 is 0. The molecule has 152 valence electrons. The smallest absolute Gasteiger partial charge is 0.343 e. The number of esters is 1. The number of benzene rings is 3. The molecule has 0 saturated carbocycles. The van der Waals surface area contributed by atoms with Gasteiger partial charge in [0.05, 0.1) is 11.1 Å². The molecule has 4 aromatic rings. The Hall–Kier alpha value is -4.12. The zero-order chi connectivity index (χ0) is 21.4. The lowest BCUT2D eigenvalue weighted by Gasteiger charge is -2.05. The Morgan fingerprint density at radius 2 is 1.81 bits per heavy atom. The monoisotopic (exact) mass is 409 g/mol. The van der Waals surface area contributed by atoms with Crippen molar-refractivity contribution in [3.8, 4) is 11.5 Å². The third kappa shape index (κ3) is 3.40. The van der Waals surface area contributed by atoms with Gasteiger partial charge in [0, 0.05) is 35.3 Å². The van der Waals surface area contributed by atoms with Gasteiger partial charge in [-0.05, 0) is 43.3 Å². The number of nitrogens with zero attached hydrogens (tertiary/aromatic N) is 1. The number of carbonyl (C=O) groups is 2. The first-order valence-electron chi connectivity index (χ1n) is 10.1. The van der Waals surface area contributed by atoms with Crippen molar-refractivity contribution < 1.29 is 19.1 Å². The standard InChI is InChI=1S/C26H19NO4/c1-2-27-16-18(20-10-6-7-11-22(20)27)14-24-25(28)21-13-12-19(15-23(21)31-24)30-26(29)17-8-4-3-5-9-17/h3-16H,2H2,1H3/b24-14+. The van der Waals surface area contributed by atoms with E-state index in [9.17, 15) is 9.59 Å². The number of fused-ring (bicyclic) bond motifs is 2. The Morgan fingerprint density at radius 3 is 2.61 bits per heavy atom. The SMILES string of the molecule is CCn1cc(/C=C2/Oc3cc(OC(=O)c4ccccc4)ccc3C2=O)c2ccccc21. The summed E-state index contributed by atoms with van der Waals surface area (Å²) in [7, 11) is 0. The van der Waals surface area contributed by atoms with Crippen LogP contribution in [-0.4, -0.2) is 16.3 Å². The Bertz CT molecular complexity index is 1350. The number of ketones is 1. The Balaban J connectivity index is 1.43. The molecule has 0 N–H and O–H groups in total. The van der Waals surface area contributed by atoms with Crippen LogP contribution in [0.15, 0.2) is 84.8 Å². The molecule has 5 nitrogen and oxygen atoms in total. The molecule has 5 heteroatoms. The first-order chi connectivity index (χ1) is 15.1. The summed E-state index contributed by atoms with van der Waals surface area (Å²) in [4.78, 5) is 25.2. The number of hydrogen-bond acceptors (Lipinski definition) is 4. The fourth-order valence-corrected chi connectivity index (χ4v) is 3.76. The van der Waals surface area contributed by atoms with E-state index in [4.69, 9.17) is 9.47 Å². The Morgan fingerprint density at radius 1 is 1.03 bits per heavy atom. The molecule has 0 amide bonds. The molecule has 0 atom stereocenters. The minimum absolute atomic E-state index is 0.190. The van der Waals surface area contributed by atoms with Gasteiger partial charge in [0.25, 0.3) is 0 Å². The van der Waals surface area contributed by atoms with Crippen molar-refractivity contribution in [2.45, 2.75) is 13.5 Å². The number of allylic oxidation sites excluding steroid dienone is 1. The average Bonchev–Trinajstić information content (AvgIpc) is 3.31. The number of hydrogen-bond donors (Lipinski definition) is 0. The summed E-state index contributed by atoms with van der Waals surface area (Å²) < 4.78 is 13.4. The predicted octanol–water partition coefficient (Wildman–Crippen LogP) is 5.50. The summed E-state index contributed by atoms with van der Waals surface area (Å²) in [5, 5.41) is 1.06. The largest absolute Gasteiger partial charge is 0.452 e. The van der Waals surface area contributed by atoms with E-state index in [2.05, 4.69) is 17.6 Å². The number of para-hydroxylation sites is 1. The molecule has 1 aliphatic heterocycles. The van der Waals surface area contributed by atoms with Crippen LogP contribution in [0.5, 0.6) is 11.5 Å². The van der Waals surface area contributed by atoms with Crippen molar-refractivity contribution in [1.29, 1.82) is 0 Å². The van der Waals surface area contributed by atoms with Gasteiger partial charge in [-0.2, -0.15) is 0 Å². The molecule has 31 heavy (non-hydrogen) atoms. The first-order valence-corrected chi connectivity index (χ1v) is 10.1. The van der Waals surface area contributed by atoms with Gasteiger partial charge in [-0.3, -0.25) is 4.79 Å². The highest BCUT2D eigenvalue weighted by Crippen LogP contribution is 2.36. The van der Waals surface area contributed by atoms with Crippen LogP contribution in [-0.2, 0) is 6.54 Å². The third-order valence-electron chi connectivity index (χ3n) is 5.31. The second-order valence-corrected chi connectivity index (χ2v) is 7.24. The molecule has 3 aromatic carbocycles. The van der Waals surface area contributed by atoms with E-state index in [1.807, 2.05) is 30.5 Å². The molecule has 0 unspecified atom stereocenters. The molecule has 1 aliphatic rings. The van der Waals surface area contributed by atoms with Gasteiger partial charge in [-0.25, -0.2) is 4.79 Å². The van der Waals surface area contributed by atoms with Crippen molar-refractivity contribution in [1.82, 2.24) is 4.57 Å². The van der Waals surface area contributed by atoms with Crippen LogP contribution in [0, 0.1) is 0 Å². The van der Waals surface area contributed by atoms with Crippen LogP contribution in [0.4, 0.5) is 0 Å². The second-order valence-electron chi connectivity index (χ2n) is 7.24. The molecule has 0 spiro atoms. The van der Waals surface area contributed by atoms with Crippen LogP contribution >= 0.6 is 0 Å². The van der Waals surface area contributed by atoms with E-state index in [0.29, 0.717) is 22.6 Å². The number of aryl methyl sites for hydroxylation is 1. The van der Waals surface area contributed by atoms with E-state index in [1.54, 1.807) is 48.5 Å². The van der Waals surface area contributed by atoms with Crippen LogP contribution in [0.3, 0.4) is 0 Å². The van der Waals surface area contributed by atoms with E-state index in [-0.39, 0.29) is 11.5 Å². The zero-order valence-corrected chi connectivity index (χ0v) is 16.9. The Labute approximate surface area is 179 Å². The molecular formula is C26H19NO4. The molecular weight excluding hydrogens is 390 g/mol. The van der Waals surface area contributed by atoms with Crippen molar-refractivity contribution >= 4 is 28.7 Å². The maximum absolute atomic E-state index is 12.9. The van der Waals surface area contributed by atoms with E-state index in [1.165, 1.54) is 0 Å². The molecule has 0 saturated heterocycles. The van der Waals surface area contributed by atoms with Crippen molar-refractivity contribution in [2.24, 2.45) is 0 Å². The average molecular weight is 409 g/mol. The highest BCUT2D eigenvalue weighted by Gasteiger charge is 2.28. The van der Waals surface area contributed by atoms with Crippen molar-refractivity contribution in [3.63, 3.8) is 0 Å². The molecule has 2 heterocycles. The molecule has 0 bridgehead atoms. The normalized spacial score (nSPS) is 14.0. The highest BCUT2D eigenvalue weighted by atomic mass is 16.5. The number of aromatic nitrogens is 1. The van der Waals surface area contributed by atoms with Crippen LogP contribution < -0.4 is 9.47 Å². The first kappa shape index (κ1) is 18.9. The molecule has 0 aliphatic carbocycles.